The molecule has 0 saturated carbocycles. The second-order valence-electron chi connectivity index (χ2n) is 2.54. The molecule has 2 amide bonds. The molecule has 6 heteroatoms. The monoisotopic (exact) mass is 175 g/mol. The lowest BCUT2D eigenvalue weighted by Gasteiger charge is -2.09. The molecular formula is C6H10FN3O2. The Morgan fingerprint density at radius 3 is 1.83 bits per heavy atom. The van der Waals surface area contributed by atoms with E-state index in [4.69, 9.17) is 0 Å². The fraction of sp³-hybridized carbons (Fsp3) is 0.667. The van der Waals surface area contributed by atoms with Crippen LogP contribution in [0, 0.1) is 0 Å². The van der Waals surface area contributed by atoms with Gasteiger partial charge in [0.05, 0.1) is 6.54 Å². The first-order chi connectivity index (χ1) is 5.59. The minimum atomic E-state index is -1.61. The van der Waals surface area contributed by atoms with Gasteiger partial charge in [-0.1, -0.05) is 0 Å². The summed E-state index contributed by atoms with van der Waals surface area (Å²) in [6, 6.07) is 0. The third-order valence-corrected chi connectivity index (χ3v) is 1.88. The van der Waals surface area contributed by atoms with Gasteiger partial charge in [-0.2, -0.15) is 0 Å². The Hall–Kier alpha value is -1.17. The van der Waals surface area contributed by atoms with Crippen molar-refractivity contribution in [1.29, 1.82) is 0 Å². The first kappa shape index (κ1) is 8.92. The minimum absolute atomic E-state index is 0.174. The number of nitrogens with one attached hydrogen (secondary N) is 2. The first-order valence-electron chi connectivity index (χ1n) is 3.47. The minimum Gasteiger partial charge on any atom is -0.357 e. The molecule has 68 valence electrons. The molecular weight excluding hydrogens is 165 g/mol. The SMILES string of the molecule is CNC(=O)C1(C(=O)NC)CN1F. The van der Waals surface area contributed by atoms with Crippen LogP contribution in [-0.4, -0.2) is 43.1 Å². The lowest BCUT2D eigenvalue weighted by atomic mass is 10.1. The van der Waals surface area contributed by atoms with Crippen LogP contribution >= 0.6 is 0 Å². The summed E-state index contributed by atoms with van der Waals surface area (Å²) in [7, 11) is 2.72. The second kappa shape index (κ2) is 2.71. The van der Waals surface area contributed by atoms with Crippen molar-refractivity contribution in [2.45, 2.75) is 5.54 Å². The Balaban J connectivity index is 2.79. The van der Waals surface area contributed by atoms with E-state index < -0.39 is 17.4 Å². The zero-order valence-electron chi connectivity index (χ0n) is 6.85. The average Bonchev–Trinajstić information content (AvgIpc) is 2.76. The van der Waals surface area contributed by atoms with Crippen LogP contribution in [0.2, 0.25) is 0 Å². The van der Waals surface area contributed by atoms with Crippen LogP contribution in [0.15, 0.2) is 0 Å². The summed E-state index contributed by atoms with van der Waals surface area (Å²) in [5.41, 5.74) is -1.61. The summed E-state index contributed by atoms with van der Waals surface area (Å²) in [5.74, 6) is -1.24. The fourth-order valence-corrected chi connectivity index (χ4v) is 1.05. The summed E-state index contributed by atoms with van der Waals surface area (Å²) in [6.07, 6.45) is 0. The first-order valence-corrected chi connectivity index (χ1v) is 3.47. The highest BCUT2D eigenvalue weighted by atomic mass is 19.2. The molecule has 1 atom stereocenters. The molecule has 1 unspecified atom stereocenters. The number of nitrogens with zero attached hydrogens (tertiary/aromatic N) is 1. The normalized spacial score (nSPS) is 24.4. The fourth-order valence-electron chi connectivity index (χ4n) is 1.05. The molecule has 1 fully saturated rings. The van der Waals surface area contributed by atoms with E-state index in [1.165, 1.54) is 14.1 Å². The number of hydrogen-bond donors (Lipinski definition) is 2. The predicted octanol–water partition coefficient (Wildman–Crippen LogP) is -1.58. The van der Waals surface area contributed by atoms with E-state index in [1.807, 2.05) is 0 Å². The van der Waals surface area contributed by atoms with Crippen molar-refractivity contribution in [2.24, 2.45) is 0 Å². The van der Waals surface area contributed by atoms with Gasteiger partial charge < -0.3 is 10.6 Å². The van der Waals surface area contributed by atoms with Crippen LogP contribution in [0.5, 0.6) is 0 Å². The van der Waals surface area contributed by atoms with Crippen LogP contribution in [0.4, 0.5) is 4.48 Å². The maximum Gasteiger partial charge on any atom is 0.254 e. The van der Waals surface area contributed by atoms with Crippen molar-refractivity contribution in [3.05, 3.63) is 0 Å². The molecule has 12 heavy (non-hydrogen) atoms. The molecule has 0 aromatic heterocycles. The van der Waals surface area contributed by atoms with Crippen LogP contribution in [0.25, 0.3) is 0 Å². The van der Waals surface area contributed by atoms with Crippen molar-refractivity contribution in [1.82, 2.24) is 15.8 Å². The molecule has 2 N–H and O–H groups in total. The highest BCUT2D eigenvalue weighted by molar-refractivity contribution is 6.12. The number of amides is 2. The molecule has 0 aromatic rings. The Labute approximate surface area is 68.8 Å². The van der Waals surface area contributed by atoms with Crippen molar-refractivity contribution in [2.75, 3.05) is 20.6 Å². The van der Waals surface area contributed by atoms with Gasteiger partial charge in [0, 0.05) is 14.1 Å². The van der Waals surface area contributed by atoms with E-state index >= 15 is 0 Å². The van der Waals surface area contributed by atoms with Crippen molar-refractivity contribution in [3.63, 3.8) is 0 Å². The average molecular weight is 175 g/mol. The standard InChI is InChI=1S/C6H10FN3O2/c1-8-4(11)6(3-10(6)7)5(12)9-2/h3H2,1-2H3,(H,8,11)(H,9,12). The van der Waals surface area contributed by atoms with Gasteiger partial charge in [-0.05, 0) is 0 Å². The Bertz CT molecular complexity index is 215. The van der Waals surface area contributed by atoms with Gasteiger partial charge in [-0.25, -0.2) is 0 Å². The second-order valence-corrected chi connectivity index (χ2v) is 2.54. The highest BCUT2D eigenvalue weighted by Crippen LogP contribution is 2.32. The Kier molecular flexibility index (Phi) is 2.01. The van der Waals surface area contributed by atoms with Crippen molar-refractivity contribution in [3.8, 4) is 0 Å². The van der Waals surface area contributed by atoms with E-state index in [0.717, 1.165) is 0 Å². The molecule has 0 bridgehead atoms. The number of carbonyl (C=O) groups is 2. The molecule has 1 saturated heterocycles. The number of likely N-dealkylation sites (N-methyl/N-ethyl adjacent to an activating group) is 2. The molecule has 0 radical (unpaired) electrons. The number of hydrogen-bond acceptors (Lipinski definition) is 3. The summed E-state index contributed by atoms with van der Waals surface area (Å²) in [6.45, 7) is -0.174. The van der Waals surface area contributed by atoms with Gasteiger partial charge in [0.25, 0.3) is 11.8 Å². The lowest BCUT2D eigenvalue weighted by molar-refractivity contribution is -0.136. The summed E-state index contributed by atoms with van der Waals surface area (Å²) in [4.78, 5) is 22.1. The molecule has 1 rings (SSSR count). The number of halogens is 1. The number of rotatable bonds is 2. The van der Waals surface area contributed by atoms with Gasteiger partial charge in [-0.15, -0.1) is 9.60 Å². The van der Waals surface area contributed by atoms with Crippen LogP contribution in [-0.2, 0) is 9.59 Å². The van der Waals surface area contributed by atoms with E-state index in [2.05, 4.69) is 10.6 Å². The molecule has 0 aromatic carbocycles. The molecule has 0 spiro atoms. The zero-order chi connectivity index (χ0) is 9.35. The van der Waals surface area contributed by atoms with Crippen molar-refractivity contribution < 1.29 is 14.1 Å². The van der Waals surface area contributed by atoms with E-state index in [9.17, 15) is 14.1 Å². The van der Waals surface area contributed by atoms with Gasteiger partial charge in [0.15, 0.2) is 0 Å². The van der Waals surface area contributed by atoms with Crippen molar-refractivity contribution >= 4 is 11.8 Å². The third-order valence-electron chi connectivity index (χ3n) is 1.88. The molecule has 0 aliphatic carbocycles. The topological polar surface area (TPSA) is 61.2 Å². The van der Waals surface area contributed by atoms with E-state index in [-0.39, 0.29) is 11.7 Å². The lowest BCUT2D eigenvalue weighted by Crippen LogP contribution is -2.48. The largest absolute Gasteiger partial charge is 0.357 e. The smallest absolute Gasteiger partial charge is 0.254 e. The summed E-state index contributed by atoms with van der Waals surface area (Å²) in [5, 5.41) is 4.66. The third kappa shape index (κ3) is 0.953. The quantitative estimate of drug-likeness (QED) is 0.302. The maximum absolute atomic E-state index is 12.6. The Morgan fingerprint density at radius 1 is 1.33 bits per heavy atom. The van der Waals surface area contributed by atoms with Gasteiger partial charge >= 0.3 is 0 Å². The number of carbonyl (C=O) groups excluding carboxylic acids is 2. The molecule has 1 aliphatic rings. The molecule has 5 nitrogen and oxygen atoms in total. The van der Waals surface area contributed by atoms with Gasteiger partial charge in [0.1, 0.15) is 0 Å². The summed E-state index contributed by atoms with van der Waals surface area (Å²) >= 11 is 0. The van der Waals surface area contributed by atoms with Gasteiger partial charge in [-0.3, -0.25) is 9.59 Å². The molecule has 1 aliphatic heterocycles. The van der Waals surface area contributed by atoms with E-state index in [1.54, 1.807) is 0 Å². The van der Waals surface area contributed by atoms with Crippen LogP contribution in [0.1, 0.15) is 0 Å². The maximum atomic E-state index is 12.6. The van der Waals surface area contributed by atoms with E-state index in [0.29, 0.717) is 0 Å². The predicted molar refractivity (Wildman–Crippen MR) is 38.7 cm³/mol. The molecule has 1 heterocycles. The van der Waals surface area contributed by atoms with Gasteiger partial charge in [0.2, 0.25) is 5.54 Å². The van der Waals surface area contributed by atoms with Crippen LogP contribution < -0.4 is 10.6 Å². The highest BCUT2D eigenvalue weighted by Gasteiger charge is 2.65. The van der Waals surface area contributed by atoms with Crippen LogP contribution in [0.3, 0.4) is 0 Å². The Morgan fingerprint density at radius 2 is 1.67 bits per heavy atom. The zero-order valence-corrected chi connectivity index (χ0v) is 6.85. The summed E-state index contributed by atoms with van der Waals surface area (Å²) < 4.78 is 12.6.